The van der Waals surface area contributed by atoms with Crippen molar-refractivity contribution in [2.45, 2.75) is 38.1 Å². The Morgan fingerprint density at radius 2 is 2.22 bits per heavy atom. The van der Waals surface area contributed by atoms with Gasteiger partial charge in [0.15, 0.2) is 0 Å². The molecule has 1 heterocycles. The Morgan fingerprint density at radius 3 is 2.83 bits per heavy atom. The highest BCUT2D eigenvalue weighted by Crippen LogP contribution is 2.29. The van der Waals surface area contributed by atoms with Crippen LogP contribution in [0.3, 0.4) is 0 Å². The second-order valence-electron chi connectivity index (χ2n) is 5.39. The third-order valence-electron chi connectivity index (χ3n) is 3.55. The lowest BCUT2D eigenvalue weighted by Gasteiger charge is -2.39. The summed E-state index contributed by atoms with van der Waals surface area (Å²) in [6, 6.07) is 9.31. The monoisotopic (exact) mass is 264 g/mol. The standard InChI is InChI=1S/C15H24N2S/c1-11-5-4-6-14(9-11)15(13(3)16)17-7-8-18-12(2)10-17/h4-6,9,12-13,15H,7-8,10,16H2,1-3H3. The van der Waals surface area contributed by atoms with Crippen LogP contribution >= 0.6 is 11.8 Å². The second-order valence-corrected chi connectivity index (χ2v) is 6.94. The van der Waals surface area contributed by atoms with E-state index < -0.39 is 0 Å². The van der Waals surface area contributed by atoms with E-state index in [1.54, 1.807) is 0 Å². The SMILES string of the molecule is Cc1cccc(C(C(C)N)N2CCSC(C)C2)c1. The lowest BCUT2D eigenvalue weighted by Crippen LogP contribution is -2.45. The van der Waals surface area contributed by atoms with Crippen molar-refractivity contribution in [1.82, 2.24) is 4.90 Å². The fourth-order valence-electron chi connectivity index (χ4n) is 2.80. The lowest BCUT2D eigenvalue weighted by atomic mass is 9.97. The van der Waals surface area contributed by atoms with Gasteiger partial charge in [0.05, 0.1) is 0 Å². The molecule has 0 aromatic heterocycles. The summed E-state index contributed by atoms with van der Waals surface area (Å²) in [5.74, 6) is 1.22. The quantitative estimate of drug-likeness (QED) is 0.910. The van der Waals surface area contributed by atoms with Crippen molar-refractivity contribution in [1.29, 1.82) is 0 Å². The molecule has 3 atom stereocenters. The van der Waals surface area contributed by atoms with E-state index in [1.807, 2.05) is 0 Å². The number of rotatable bonds is 3. The molecular weight excluding hydrogens is 240 g/mol. The predicted octanol–water partition coefficient (Wildman–Crippen LogP) is 2.82. The van der Waals surface area contributed by atoms with Crippen molar-refractivity contribution in [3.8, 4) is 0 Å². The highest BCUT2D eigenvalue weighted by Gasteiger charge is 2.27. The molecule has 1 aliphatic rings. The van der Waals surface area contributed by atoms with Gasteiger partial charge in [-0.25, -0.2) is 0 Å². The average molecular weight is 264 g/mol. The Morgan fingerprint density at radius 1 is 1.44 bits per heavy atom. The molecular formula is C15H24N2S. The molecule has 0 spiro atoms. The van der Waals surface area contributed by atoms with Crippen molar-refractivity contribution >= 4 is 11.8 Å². The van der Waals surface area contributed by atoms with Gasteiger partial charge >= 0.3 is 0 Å². The summed E-state index contributed by atoms with van der Waals surface area (Å²) in [6.45, 7) is 8.88. The summed E-state index contributed by atoms with van der Waals surface area (Å²) in [6.07, 6.45) is 0. The van der Waals surface area contributed by atoms with Gasteiger partial charge in [0.2, 0.25) is 0 Å². The van der Waals surface area contributed by atoms with Crippen molar-refractivity contribution in [3.63, 3.8) is 0 Å². The Labute approximate surface area is 115 Å². The van der Waals surface area contributed by atoms with Gasteiger partial charge in [-0.1, -0.05) is 36.8 Å². The molecule has 0 bridgehead atoms. The number of nitrogens with two attached hydrogens (primary N) is 1. The molecule has 2 nitrogen and oxygen atoms in total. The van der Waals surface area contributed by atoms with Crippen LogP contribution in [-0.4, -0.2) is 35.0 Å². The molecule has 3 unspecified atom stereocenters. The molecule has 0 amide bonds. The van der Waals surface area contributed by atoms with Crippen LogP contribution in [0.2, 0.25) is 0 Å². The van der Waals surface area contributed by atoms with Crippen LogP contribution in [0.25, 0.3) is 0 Å². The molecule has 1 aromatic carbocycles. The minimum atomic E-state index is 0.169. The third kappa shape index (κ3) is 3.28. The zero-order chi connectivity index (χ0) is 13.1. The van der Waals surface area contributed by atoms with Crippen LogP contribution in [-0.2, 0) is 0 Å². The zero-order valence-corrected chi connectivity index (χ0v) is 12.4. The van der Waals surface area contributed by atoms with Crippen LogP contribution < -0.4 is 5.73 Å². The molecule has 0 saturated carbocycles. The van der Waals surface area contributed by atoms with Gasteiger partial charge in [0.1, 0.15) is 0 Å². The first-order valence-corrected chi connectivity index (χ1v) is 7.80. The molecule has 2 N–H and O–H groups in total. The van der Waals surface area contributed by atoms with Gasteiger partial charge in [-0.15, -0.1) is 0 Å². The van der Waals surface area contributed by atoms with E-state index >= 15 is 0 Å². The zero-order valence-electron chi connectivity index (χ0n) is 11.6. The summed E-state index contributed by atoms with van der Waals surface area (Å²) >= 11 is 2.07. The molecule has 3 heteroatoms. The van der Waals surface area contributed by atoms with Gasteiger partial charge < -0.3 is 5.73 Å². The summed E-state index contributed by atoms with van der Waals surface area (Å²) in [5.41, 5.74) is 8.93. The minimum Gasteiger partial charge on any atom is -0.326 e. The maximum atomic E-state index is 6.25. The molecule has 1 aliphatic heterocycles. The molecule has 1 aromatic rings. The molecule has 18 heavy (non-hydrogen) atoms. The predicted molar refractivity (Wildman–Crippen MR) is 81.1 cm³/mol. The van der Waals surface area contributed by atoms with Crippen LogP contribution in [0.1, 0.15) is 31.0 Å². The first-order chi connectivity index (χ1) is 8.58. The van der Waals surface area contributed by atoms with Gasteiger partial charge in [0, 0.05) is 36.2 Å². The third-order valence-corrected chi connectivity index (χ3v) is 4.68. The van der Waals surface area contributed by atoms with Crippen LogP contribution in [0.15, 0.2) is 24.3 Å². The minimum absolute atomic E-state index is 0.169. The van der Waals surface area contributed by atoms with E-state index in [1.165, 1.54) is 16.9 Å². The normalized spacial score (nSPS) is 24.8. The fourth-order valence-corrected chi connectivity index (χ4v) is 3.84. The van der Waals surface area contributed by atoms with Gasteiger partial charge in [-0.3, -0.25) is 4.90 Å². The summed E-state index contributed by atoms with van der Waals surface area (Å²) in [5, 5.41) is 0.713. The van der Waals surface area contributed by atoms with E-state index in [0.29, 0.717) is 11.3 Å². The maximum absolute atomic E-state index is 6.25. The van der Waals surface area contributed by atoms with E-state index in [4.69, 9.17) is 5.73 Å². The Kier molecular flexibility index (Phi) is 4.71. The first-order valence-electron chi connectivity index (χ1n) is 6.75. The van der Waals surface area contributed by atoms with Crippen molar-refractivity contribution in [2.24, 2.45) is 5.73 Å². The molecule has 1 fully saturated rings. The first kappa shape index (κ1) is 13.9. The molecule has 1 saturated heterocycles. The van der Waals surface area contributed by atoms with Gasteiger partial charge in [0.25, 0.3) is 0 Å². The summed E-state index contributed by atoms with van der Waals surface area (Å²) < 4.78 is 0. The van der Waals surface area contributed by atoms with Gasteiger partial charge in [-0.2, -0.15) is 11.8 Å². The molecule has 100 valence electrons. The van der Waals surface area contributed by atoms with Crippen molar-refractivity contribution < 1.29 is 0 Å². The smallest absolute Gasteiger partial charge is 0.0497 e. The number of hydrogen-bond acceptors (Lipinski definition) is 3. The van der Waals surface area contributed by atoms with E-state index in [2.05, 4.69) is 61.7 Å². The number of hydrogen-bond donors (Lipinski definition) is 1. The fraction of sp³-hybridized carbons (Fsp3) is 0.600. The highest BCUT2D eigenvalue weighted by molar-refractivity contribution is 7.99. The van der Waals surface area contributed by atoms with E-state index in [9.17, 15) is 0 Å². The average Bonchev–Trinajstić information content (AvgIpc) is 2.28. The van der Waals surface area contributed by atoms with Crippen molar-refractivity contribution in [2.75, 3.05) is 18.8 Å². The van der Waals surface area contributed by atoms with Gasteiger partial charge in [-0.05, 0) is 19.4 Å². The van der Waals surface area contributed by atoms with E-state index in [-0.39, 0.29) is 6.04 Å². The van der Waals surface area contributed by atoms with Crippen LogP contribution in [0.4, 0.5) is 0 Å². The Bertz CT molecular complexity index is 392. The highest BCUT2D eigenvalue weighted by atomic mass is 32.2. The number of benzene rings is 1. The summed E-state index contributed by atoms with van der Waals surface area (Å²) in [4.78, 5) is 2.56. The van der Waals surface area contributed by atoms with Crippen molar-refractivity contribution in [3.05, 3.63) is 35.4 Å². The topological polar surface area (TPSA) is 29.3 Å². The van der Waals surface area contributed by atoms with Crippen LogP contribution in [0.5, 0.6) is 0 Å². The van der Waals surface area contributed by atoms with E-state index in [0.717, 1.165) is 13.1 Å². The number of thioether (sulfide) groups is 1. The molecule has 0 radical (unpaired) electrons. The number of aryl methyl sites for hydroxylation is 1. The largest absolute Gasteiger partial charge is 0.326 e. The number of nitrogens with zero attached hydrogens (tertiary/aromatic N) is 1. The molecule has 0 aliphatic carbocycles. The second kappa shape index (κ2) is 6.09. The maximum Gasteiger partial charge on any atom is 0.0497 e. The molecule has 2 rings (SSSR count). The Hall–Kier alpha value is -0.510. The van der Waals surface area contributed by atoms with Crippen LogP contribution in [0, 0.1) is 6.92 Å². The Balaban J connectivity index is 2.22. The summed E-state index contributed by atoms with van der Waals surface area (Å²) in [7, 11) is 0. The lowest BCUT2D eigenvalue weighted by molar-refractivity contribution is 0.184.